The van der Waals surface area contributed by atoms with Crippen molar-refractivity contribution >= 4 is 21.6 Å². The van der Waals surface area contributed by atoms with Crippen molar-refractivity contribution in [3.05, 3.63) is 27.7 Å². The van der Waals surface area contributed by atoms with E-state index in [1.165, 1.54) is 11.1 Å². The first kappa shape index (κ1) is 13.6. The van der Waals surface area contributed by atoms with E-state index in [2.05, 4.69) is 55.8 Å². The van der Waals surface area contributed by atoms with Gasteiger partial charge in [-0.15, -0.1) is 0 Å². The second-order valence-electron chi connectivity index (χ2n) is 5.34. The van der Waals surface area contributed by atoms with Crippen LogP contribution in [0.2, 0.25) is 0 Å². The Balaban J connectivity index is 3.06. The SMILES string of the molecule is CC(C)Cc1cc(N)c(Br)cc1CC(C)C. The van der Waals surface area contributed by atoms with Gasteiger partial charge in [0.1, 0.15) is 0 Å². The van der Waals surface area contributed by atoms with Crippen LogP contribution in [0.3, 0.4) is 0 Å². The molecular weight excluding hydrogens is 262 g/mol. The van der Waals surface area contributed by atoms with Crippen molar-refractivity contribution < 1.29 is 0 Å². The molecule has 0 fully saturated rings. The van der Waals surface area contributed by atoms with Gasteiger partial charge in [0.15, 0.2) is 0 Å². The highest BCUT2D eigenvalue weighted by molar-refractivity contribution is 9.10. The Morgan fingerprint density at radius 3 is 1.88 bits per heavy atom. The van der Waals surface area contributed by atoms with Crippen LogP contribution in [0.15, 0.2) is 16.6 Å². The molecule has 0 unspecified atom stereocenters. The Labute approximate surface area is 108 Å². The van der Waals surface area contributed by atoms with Crippen LogP contribution in [0.1, 0.15) is 38.8 Å². The third kappa shape index (κ3) is 3.82. The summed E-state index contributed by atoms with van der Waals surface area (Å²) in [4.78, 5) is 0. The average molecular weight is 284 g/mol. The van der Waals surface area contributed by atoms with Gasteiger partial charge in [0.25, 0.3) is 0 Å². The van der Waals surface area contributed by atoms with Gasteiger partial charge in [0.05, 0.1) is 0 Å². The third-order valence-corrected chi connectivity index (χ3v) is 3.26. The lowest BCUT2D eigenvalue weighted by molar-refractivity contribution is 0.616. The van der Waals surface area contributed by atoms with Crippen molar-refractivity contribution in [2.45, 2.75) is 40.5 Å². The fourth-order valence-corrected chi connectivity index (χ4v) is 2.33. The van der Waals surface area contributed by atoms with Crippen LogP contribution in [-0.2, 0) is 12.8 Å². The summed E-state index contributed by atoms with van der Waals surface area (Å²) in [6.45, 7) is 9.00. The third-order valence-electron chi connectivity index (χ3n) is 2.58. The van der Waals surface area contributed by atoms with Crippen molar-refractivity contribution in [2.24, 2.45) is 11.8 Å². The molecule has 0 saturated carbocycles. The van der Waals surface area contributed by atoms with E-state index >= 15 is 0 Å². The Kier molecular flexibility index (Phi) is 4.85. The molecule has 0 spiro atoms. The number of nitrogens with two attached hydrogens (primary N) is 1. The van der Waals surface area contributed by atoms with E-state index in [0.29, 0.717) is 11.8 Å². The van der Waals surface area contributed by atoms with Gasteiger partial charge in [-0.25, -0.2) is 0 Å². The number of rotatable bonds is 4. The Bertz CT molecular complexity index is 321. The van der Waals surface area contributed by atoms with Crippen LogP contribution < -0.4 is 5.73 Å². The number of nitrogen functional groups attached to an aromatic ring is 1. The maximum Gasteiger partial charge on any atom is 0.0461 e. The van der Waals surface area contributed by atoms with E-state index in [1.54, 1.807) is 0 Å². The lowest BCUT2D eigenvalue weighted by atomic mass is 9.92. The van der Waals surface area contributed by atoms with E-state index in [0.717, 1.165) is 23.0 Å². The number of anilines is 1. The van der Waals surface area contributed by atoms with Crippen LogP contribution in [0.25, 0.3) is 0 Å². The number of hydrogen-bond acceptors (Lipinski definition) is 1. The number of halogens is 1. The summed E-state index contributed by atoms with van der Waals surface area (Å²) in [6, 6.07) is 4.31. The van der Waals surface area contributed by atoms with Gasteiger partial charge in [0, 0.05) is 10.2 Å². The van der Waals surface area contributed by atoms with Gasteiger partial charge in [-0.1, -0.05) is 27.7 Å². The van der Waals surface area contributed by atoms with Crippen molar-refractivity contribution in [1.29, 1.82) is 0 Å². The summed E-state index contributed by atoms with van der Waals surface area (Å²) in [5, 5.41) is 0. The largest absolute Gasteiger partial charge is 0.398 e. The minimum atomic E-state index is 0.673. The minimum Gasteiger partial charge on any atom is -0.398 e. The fourth-order valence-electron chi connectivity index (χ4n) is 1.94. The number of hydrogen-bond donors (Lipinski definition) is 1. The molecule has 90 valence electrons. The molecule has 0 radical (unpaired) electrons. The van der Waals surface area contributed by atoms with Gasteiger partial charge < -0.3 is 5.73 Å². The summed E-state index contributed by atoms with van der Waals surface area (Å²) < 4.78 is 1.02. The van der Waals surface area contributed by atoms with E-state index in [4.69, 9.17) is 5.73 Å². The number of benzene rings is 1. The molecule has 0 bridgehead atoms. The van der Waals surface area contributed by atoms with Crippen LogP contribution in [0.5, 0.6) is 0 Å². The lowest BCUT2D eigenvalue weighted by Gasteiger charge is -2.15. The molecule has 1 nitrogen and oxygen atoms in total. The van der Waals surface area contributed by atoms with Crippen molar-refractivity contribution in [3.63, 3.8) is 0 Å². The summed E-state index contributed by atoms with van der Waals surface area (Å²) in [6.07, 6.45) is 2.24. The van der Waals surface area contributed by atoms with Crippen LogP contribution >= 0.6 is 15.9 Å². The Morgan fingerprint density at radius 1 is 1.00 bits per heavy atom. The normalized spacial score (nSPS) is 11.4. The zero-order valence-corrected chi connectivity index (χ0v) is 12.3. The van der Waals surface area contributed by atoms with Crippen molar-refractivity contribution in [3.8, 4) is 0 Å². The maximum absolute atomic E-state index is 5.95. The monoisotopic (exact) mass is 283 g/mol. The molecule has 0 aliphatic heterocycles. The quantitative estimate of drug-likeness (QED) is 0.813. The molecule has 0 aromatic heterocycles. The minimum absolute atomic E-state index is 0.673. The maximum atomic E-state index is 5.95. The predicted molar refractivity (Wildman–Crippen MR) is 75.6 cm³/mol. The Morgan fingerprint density at radius 2 is 1.44 bits per heavy atom. The van der Waals surface area contributed by atoms with Gasteiger partial charge in [-0.05, 0) is 63.9 Å². The highest BCUT2D eigenvalue weighted by Crippen LogP contribution is 2.27. The second-order valence-corrected chi connectivity index (χ2v) is 6.19. The smallest absolute Gasteiger partial charge is 0.0461 e. The molecule has 1 aromatic carbocycles. The van der Waals surface area contributed by atoms with E-state index in [1.807, 2.05) is 0 Å². The van der Waals surface area contributed by atoms with Crippen LogP contribution in [0.4, 0.5) is 5.69 Å². The average Bonchev–Trinajstić information content (AvgIpc) is 2.11. The highest BCUT2D eigenvalue weighted by atomic mass is 79.9. The first-order chi connectivity index (χ1) is 7.40. The van der Waals surface area contributed by atoms with Gasteiger partial charge in [-0.2, -0.15) is 0 Å². The summed E-state index contributed by atoms with van der Waals surface area (Å²) >= 11 is 3.51. The molecule has 0 aliphatic carbocycles. The zero-order valence-electron chi connectivity index (χ0n) is 10.7. The molecule has 16 heavy (non-hydrogen) atoms. The van der Waals surface area contributed by atoms with Crippen molar-refractivity contribution in [1.82, 2.24) is 0 Å². The van der Waals surface area contributed by atoms with Gasteiger partial charge >= 0.3 is 0 Å². The summed E-state index contributed by atoms with van der Waals surface area (Å²) in [7, 11) is 0. The molecular formula is C14H22BrN. The summed E-state index contributed by atoms with van der Waals surface area (Å²) in [5.41, 5.74) is 9.64. The highest BCUT2D eigenvalue weighted by Gasteiger charge is 2.09. The standard InChI is InChI=1S/C14H22BrN/c1-9(2)5-11-7-13(15)14(16)8-12(11)6-10(3)4/h7-10H,5-6,16H2,1-4H3. The molecule has 1 rings (SSSR count). The van der Waals surface area contributed by atoms with Crippen molar-refractivity contribution in [2.75, 3.05) is 5.73 Å². The lowest BCUT2D eigenvalue weighted by Crippen LogP contribution is -2.04. The molecule has 0 amide bonds. The fraction of sp³-hybridized carbons (Fsp3) is 0.571. The molecule has 0 heterocycles. The molecule has 0 aliphatic rings. The first-order valence-electron chi connectivity index (χ1n) is 5.97. The van der Waals surface area contributed by atoms with Gasteiger partial charge in [-0.3, -0.25) is 0 Å². The predicted octanol–water partition coefficient (Wildman–Crippen LogP) is 4.43. The first-order valence-corrected chi connectivity index (χ1v) is 6.76. The van der Waals surface area contributed by atoms with E-state index in [9.17, 15) is 0 Å². The molecule has 1 aromatic rings. The second kappa shape index (κ2) is 5.72. The topological polar surface area (TPSA) is 26.0 Å². The summed E-state index contributed by atoms with van der Waals surface area (Å²) in [5.74, 6) is 1.35. The Hall–Kier alpha value is -0.500. The van der Waals surface area contributed by atoms with Crippen LogP contribution in [-0.4, -0.2) is 0 Å². The molecule has 0 atom stereocenters. The van der Waals surface area contributed by atoms with E-state index < -0.39 is 0 Å². The molecule has 0 saturated heterocycles. The molecule has 2 heteroatoms. The van der Waals surface area contributed by atoms with Crippen LogP contribution in [0, 0.1) is 11.8 Å². The zero-order chi connectivity index (χ0) is 12.3. The van der Waals surface area contributed by atoms with E-state index in [-0.39, 0.29) is 0 Å². The van der Waals surface area contributed by atoms with Gasteiger partial charge in [0.2, 0.25) is 0 Å². The molecule has 2 N–H and O–H groups in total.